The number of anilines is 1. The van der Waals surface area contributed by atoms with E-state index in [0.29, 0.717) is 18.7 Å². The number of imidazole rings is 1. The van der Waals surface area contributed by atoms with Crippen molar-refractivity contribution in [3.63, 3.8) is 0 Å². The summed E-state index contributed by atoms with van der Waals surface area (Å²) in [5.41, 5.74) is 6.36. The van der Waals surface area contributed by atoms with Gasteiger partial charge in [0.05, 0.1) is 40.5 Å². The maximum absolute atomic E-state index is 13.1. The van der Waals surface area contributed by atoms with Crippen molar-refractivity contribution in [1.82, 2.24) is 34.7 Å². The van der Waals surface area contributed by atoms with Crippen LogP contribution < -0.4 is 4.90 Å². The largest absolute Gasteiger partial charge is 0.368 e. The number of likely N-dealkylation sites (N-methyl/N-ethyl adjacent to an activating group) is 1. The Morgan fingerprint density at radius 3 is 2.59 bits per heavy atom. The quantitative estimate of drug-likeness (QED) is 0.506. The number of fused-ring (bicyclic) bond motifs is 2. The van der Waals surface area contributed by atoms with Crippen LogP contribution >= 0.6 is 0 Å². The van der Waals surface area contributed by atoms with E-state index in [2.05, 4.69) is 42.8 Å². The summed E-state index contributed by atoms with van der Waals surface area (Å²) in [4.78, 5) is 41.0. The van der Waals surface area contributed by atoms with Gasteiger partial charge in [-0.3, -0.25) is 9.78 Å². The summed E-state index contributed by atoms with van der Waals surface area (Å²) < 4.78 is 0. The third-order valence-electron chi connectivity index (χ3n) is 7.19. The number of carbonyl (C=O) groups is 1. The van der Waals surface area contributed by atoms with Crippen molar-refractivity contribution in [3.8, 4) is 0 Å². The van der Waals surface area contributed by atoms with Gasteiger partial charge in [-0.1, -0.05) is 0 Å². The summed E-state index contributed by atoms with van der Waals surface area (Å²) in [6.07, 6.45) is 7.01. The third-order valence-corrected chi connectivity index (χ3v) is 7.19. The molecule has 4 aromatic rings. The lowest BCUT2D eigenvalue weighted by molar-refractivity contribution is 0.0712. The number of nitrogens with zero attached hydrogens (tertiary/aromatic N) is 7. The van der Waals surface area contributed by atoms with Gasteiger partial charge in [0.25, 0.3) is 5.91 Å². The maximum Gasteiger partial charge on any atom is 0.253 e. The van der Waals surface area contributed by atoms with Gasteiger partial charge in [0.1, 0.15) is 11.8 Å². The van der Waals surface area contributed by atoms with Crippen LogP contribution in [0.4, 0.5) is 5.69 Å². The van der Waals surface area contributed by atoms with Crippen LogP contribution in [-0.4, -0.2) is 86.9 Å². The Kier molecular flexibility index (Phi) is 5.33. The molecule has 5 heterocycles. The zero-order valence-corrected chi connectivity index (χ0v) is 19.3. The minimum atomic E-state index is 0.0671. The molecule has 9 nitrogen and oxygen atoms in total. The summed E-state index contributed by atoms with van der Waals surface area (Å²) in [6, 6.07) is 7.78. The van der Waals surface area contributed by atoms with Crippen LogP contribution in [0.5, 0.6) is 0 Å². The molecule has 2 aliphatic rings. The average molecular weight is 457 g/mol. The van der Waals surface area contributed by atoms with E-state index >= 15 is 0 Å². The Morgan fingerprint density at radius 2 is 1.76 bits per heavy atom. The molecule has 1 aromatic carbocycles. The number of H-pyrrole nitrogens is 1. The molecule has 0 unspecified atom stereocenters. The highest BCUT2D eigenvalue weighted by Crippen LogP contribution is 2.32. The summed E-state index contributed by atoms with van der Waals surface area (Å²) in [7, 11) is 2.16. The van der Waals surface area contributed by atoms with E-state index in [1.165, 1.54) is 0 Å². The maximum atomic E-state index is 13.1. The number of likely N-dealkylation sites (tertiary alicyclic amines) is 1. The van der Waals surface area contributed by atoms with Crippen LogP contribution in [0.3, 0.4) is 0 Å². The standard InChI is InChI=1S/C25H28N8O/c1-31-8-10-32(11-9-31)19-13-22-24(26-14-19)23(30-16-29-22)17-4-6-33(7-5-17)25(34)18-2-3-20-21(12-18)28-15-27-20/h2-3,12-17H,4-11H2,1H3,(H,27,28). The predicted molar refractivity (Wildman–Crippen MR) is 131 cm³/mol. The predicted octanol–water partition coefficient (Wildman–Crippen LogP) is 2.67. The van der Waals surface area contributed by atoms with Crippen molar-refractivity contribution in [1.29, 1.82) is 0 Å². The minimum Gasteiger partial charge on any atom is -0.368 e. The van der Waals surface area contributed by atoms with Crippen LogP contribution in [0.2, 0.25) is 0 Å². The highest BCUT2D eigenvalue weighted by Gasteiger charge is 2.27. The van der Waals surface area contributed by atoms with E-state index in [1.54, 1.807) is 12.7 Å². The molecule has 34 heavy (non-hydrogen) atoms. The van der Waals surface area contributed by atoms with Crippen molar-refractivity contribution in [3.05, 3.63) is 54.4 Å². The molecule has 2 fully saturated rings. The number of benzene rings is 1. The molecule has 0 spiro atoms. The molecule has 3 aromatic heterocycles. The minimum absolute atomic E-state index is 0.0671. The Labute approximate surface area is 197 Å². The fourth-order valence-corrected chi connectivity index (χ4v) is 5.10. The number of amides is 1. The third kappa shape index (κ3) is 3.86. The number of piperazine rings is 1. The van der Waals surface area contributed by atoms with Gasteiger partial charge in [-0.2, -0.15) is 0 Å². The van der Waals surface area contributed by atoms with Crippen molar-refractivity contribution < 1.29 is 4.79 Å². The van der Waals surface area contributed by atoms with Crippen molar-refractivity contribution >= 4 is 33.7 Å². The van der Waals surface area contributed by atoms with E-state index in [4.69, 9.17) is 4.98 Å². The van der Waals surface area contributed by atoms with Gasteiger partial charge in [-0.15, -0.1) is 0 Å². The van der Waals surface area contributed by atoms with Gasteiger partial charge < -0.3 is 19.7 Å². The molecular formula is C25H28N8O. The summed E-state index contributed by atoms with van der Waals surface area (Å²) in [5, 5.41) is 0. The Hall–Kier alpha value is -3.59. The number of rotatable bonds is 3. The fourth-order valence-electron chi connectivity index (χ4n) is 5.10. The molecule has 0 saturated carbocycles. The van der Waals surface area contributed by atoms with E-state index < -0.39 is 0 Å². The van der Waals surface area contributed by atoms with Gasteiger partial charge in [0, 0.05) is 50.7 Å². The Morgan fingerprint density at radius 1 is 0.941 bits per heavy atom. The highest BCUT2D eigenvalue weighted by atomic mass is 16.2. The van der Waals surface area contributed by atoms with E-state index in [0.717, 1.165) is 72.5 Å². The first-order chi connectivity index (χ1) is 16.7. The number of hydrogen-bond donors (Lipinski definition) is 1. The number of hydrogen-bond acceptors (Lipinski definition) is 7. The summed E-state index contributed by atoms with van der Waals surface area (Å²) in [6.45, 7) is 5.52. The Bertz CT molecular complexity index is 1340. The first-order valence-corrected chi connectivity index (χ1v) is 11.9. The van der Waals surface area contributed by atoms with Crippen molar-refractivity contribution in [2.24, 2.45) is 0 Å². The zero-order valence-electron chi connectivity index (χ0n) is 19.3. The molecule has 1 amide bonds. The number of piperidine rings is 1. The second-order valence-electron chi connectivity index (χ2n) is 9.31. The molecule has 9 heteroatoms. The molecule has 1 N–H and O–H groups in total. The van der Waals surface area contributed by atoms with Crippen LogP contribution in [0.15, 0.2) is 43.1 Å². The zero-order chi connectivity index (χ0) is 23.1. The van der Waals surface area contributed by atoms with Gasteiger partial charge in [0.2, 0.25) is 0 Å². The first kappa shape index (κ1) is 21.0. The van der Waals surface area contributed by atoms with Crippen LogP contribution in [-0.2, 0) is 0 Å². The van der Waals surface area contributed by atoms with Gasteiger partial charge in [0.15, 0.2) is 0 Å². The number of carbonyl (C=O) groups excluding carboxylic acids is 1. The summed E-state index contributed by atoms with van der Waals surface area (Å²) in [5.74, 6) is 0.337. The second kappa shape index (κ2) is 8.64. The monoisotopic (exact) mass is 456 g/mol. The van der Waals surface area contributed by atoms with Crippen LogP contribution in [0.25, 0.3) is 22.1 Å². The normalized spacial score (nSPS) is 18.1. The lowest BCUT2D eigenvalue weighted by Gasteiger charge is -2.34. The van der Waals surface area contributed by atoms with E-state index in [-0.39, 0.29) is 11.8 Å². The molecule has 2 saturated heterocycles. The van der Waals surface area contributed by atoms with Gasteiger partial charge in [-0.05, 0) is 44.2 Å². The van der Waals surface area contributed by atoms with Crippen LogP contribution in [0.1, 0.15) is 34.8 Å². The topological polar surface area (TPSA) is 94.1 Å². The lowest BCUT2D eigenvalue weighted by atomic mass is 9.92. The van der Waals surface area contributed by atoms with Gasteiger partial charge in [-0.25, -0.2) is 15.0 Å². The number of aromatic amines is 1. The lowest BCUT2D eigenvalue weighted by Crippen LogP contribution is -2.44. The molecule has 0 aliphatic carbocycles. The summed E-state index contributed by atoms with van der Waals surface area (Å²) >= 11 is 0. The SMILES string of the molecule is CN1CCN(c2cnc3c(C4CCN(C(=O)c5ccc6nc[nH]c6c5)CC4)ncnc3c2)CC1. The molecule has 2 aliphatic heterocycles. The second-order valence-corrected chi connectivity index (χ2v) is 9.31. The van der Waals surface area contributed by atoms with Gasteiger partial charge >= 0.3 is 0 Å². The first-order valence-electron chi connectivity index (χ1n) is 11.9. The number of nitrogens with one attached hydrogen (secondary N) is 1. The average Bonchev–Trinajstić information content (AvgIpc) is 3.36. The molecule has 174 valence electrons. The van der Waals surface area contributed by atoms with Crippen molar-refractivity contribution in [2.45, 2.75) is 18.8 Å². The molecular weight excluding hydrogens is 428 g/mol. The smallest absolute Gasteiger partial charge is 0.253 e. The number of aromatic nitrogens is 5. The molecule has 0 radical (unpaired) electrons. The van der Waals surface area contributed by atoms with E-state index in [9.17, 15) is 4.79 Å². The molecule has 6 rings (SSSR count). The van der Waals surface area contributed by atoms with Crippen LogP contribution in [0, 0.1) is 0 Å². The highest BCUT2D eigenvalue weighted by molar-refractivity contribution is 5.97. The molecule has 0 bridgehead atoms. The van der Waals surface area contributed by atoms with E-state index in [1.807, 2.05) is 29.3 Å². The van der Waals surface area contributed by atoms with Crippen molar-refractivity contribution in [2.75, 3.05) is 51.2 Å². The fraction of sp³-hybridized carbons (Fsp3) is 0.400. The Balaban J connectivity index is 1.17. The molecule has 0 atom stereocenters. The number of pyridine rings is 1.